The van der Waals surface area contributed by atoms with Crippen LogP contribution in [0.25, 0.3) is 0 Å². The second-order valence-corrected chi connectivity index (χ2v) is 10.6. The van der Waals surface area contributed by atoms with Gasteiger partial charge in [0, 0.05) is 29.8 Å². The maximum atomic E-state index is 12.0. The Hall–Kier alpha value is -0.990. The monoisotopic (exact) mass is 373 g/mol. The average molecular weight is 374 g/mol. The number of nitrogens with one attached hydrogen (secondary N) is 1. The lowest BCUT2D eigenvalue weighted by Crippen LogP contribution is -2.36. The normalized spacial score (nSPS) is 20.5. The molecule has 2 rings (SSSR count). The smallest absolute Gasteiger partial charge is 0.221 e. The second-order valence-electron chi connectivity index (χ2n) is 7.44. The van der Waals surface area contributed by atoms with Crippen LogP contribution in [-0.4, -0.2) is 55.3 Å². The minimum absolute atomic E-state index is 0.0170. The van der Waals surface area contributed by atoms with E-state index in [4.69, 9.17) is 0 Å². The Morgan fingerprint density at radius 2 is 2.17 bits per heavy atom. The van der Waals surface area contributed by atoms with Gasteiger partial charge in [-0.1, -0.05) is 20.8 Å². The van der Waals surface area contributed by atoms with E-state index in [2.05, 4.69) is 31.1 Å². The first-order valence-electron chi connectivity index (χ1n) is 8.19. The van der Waals surface area contributed by atoms with Gasteiger partial charge in [-0.05, 0) is 13.5 Å². The highest BCUT2D eigenvalue weighted by Gasteiger charge is 2.30. The molecule has 1 fully saturated rings. The fourth-order valence-corrected chi connectivity index (χ4v) is 5.35. The molecule has 1 N–H and O–H groups in total. The molecule has 0 radical (unpaired) electrons. The van der Waals surface area contributed by atoms with E-state index in [1.54, 1.807) is 11.3 Å². The number of aromatic nitrogens is 1. The molecule has 1 atom stereocenters. The average Bonchev–Trinajstić information content (AvgIpc) is 3.08. The third kappa shape index (κ3) is 5.53. The van der Waals surface area contributed by atoms with Gasteiger partial charge in [0.05, 0.1) is 23.7 Å². The first-order chi connectivity index (χ1) is 11.1. The van der Waals surface area contributed by atoms with Crippen LogP contribution in [0, 0.1) is 0 Å². The van der Waals surface area contributed by atoms with E-state index in [9.17, 15) is 13.2 Å². The van der Waals surface area contributed by atoms with Crippen molar-refractivity contribution < 1.29 is 13.2 Å². The lowest BCUT2D eigenvalue weighted by Gasteiger charge is -2.22. The Morgan fingerprint density at radius 1 is 1.46 bits per heavy atom. The molecule has 1 amide bonds. The van der Waals surface area contributed by atoms with Crippen molar-refractivity contribution in [2.24, 2.45) is 0 Å². The lowest BCUT2D eigenvalue weighted by atomic mass is 9.93. The maximum Gasteiger partial charge on any atom is 0.221 e. The van der Waals surface area contributed by atoms with Crippen molar-refractivity contribution in [3.63, 3.8) is 0 Å². The predicted octanol–water partition coefficient (Wildman–Crippen LogP) is 1.57. The Kier molecular flexibility index (Phi) is 6.04. The summed E-state index contributed by atoms with van der Waals surface area (Å²) >= 11 is 1.56. The van der Waals surface area contributed by atoms with Gasteiger partial charge in [-0.3, -0.25) is 4.79 Å². The number of sulfone groups is 1. The number of amides is 1. The quantitative estimate of drug-likeness (QED) is 0.819. The third-order valence-corrected chi connectivity index (χ3v) is 6.88. The molecule has 1 aromatic rings. The molecule has 136 valence electrons. The molecule has 2 heterocycles. The largest absolute Gasteiger partial charge is 0.350 e. The summed E-state index contributed by atoms with van der Waals surface area (Å²) in [6.45, 7) is 7.36. The molecular weight excluding hydrogens is 346 g/mol. The van der Waals surface area contributed by atoms with Gasteiger partial charge in [-0.2, -0.15) is 0 Å². The summed E-state index contributed by atoms with van der Waals surface area (Å²) in [7, 11) is -1.00. The molecule has 1 aliphatic heterocycles. The minimum Gasteiger partial charge on any atom is -0.350 e. The van der Waals surface area contributed by atoms with E-state index in [1.807, 2.05) is 17.3 Å². The van der Waals surface area contributed by atoms with Crippen molar-refractivity contribution in [3.8, 4) is 0 Å². The maximum absolute atomic E-state index is 12.0. The van der Waals surface area contributed by atoms with E-state index in [0.29, 0.717) is 25.9 Å². The van der Waals surface area contributed by atoms with Crippen LogP contribution in [0.1, 0.15) is 44.3 Å². The highest BCUT2D eigenvalue weighted by molar-refractivity contribution is 7.91. The molecule has 0 bridgehead atoms. The molecule has 0 aromatic carbocycles. The fraction of sp³-hybridized carbons (Fsp3) is 0.750. The fourth-order valence-electron chi connectivity index (χ4n) is 2.58. The van der Waals surface area contributed by atoms with Crippen LogP contribution in [0.2, 0.25) is 0 Å². The summed E-state index contributed by atoms with van der Waals surface area (Å²) < 4.78 is 23.0. The van der Waals surface area contributed by atoms with Crippen LogP contribution in [0.3, 0.4) is 0 Å². The van der Waals surface area contributed by atoms with Crippen molar-refractivity contribution >= 4 is 27.1 Å². The number of carbonyl (C=O) groups excluding carboxylic acids is 1. The number of nitrogens with zero attached hydrogens (tertiary/aromatic N) is 2. The number of hydrogen-bond acceptors (Lipinski definition) is 6. The van der Waals surface area contributed by atoms with Gasteiger partial charge in [-0.25, -0.2) is 13.4 Å². The van der Waals surface area contributed by atoms with Crippen molar-refractivity contribution in [1.29, 1.82) is 0 Å². The zero-order chi connectivity index (χ0) is 18.0. The molecule has 1 saturated heterocycles. The van der Waals surface area contributed by atoms with Gasteiger partial charge in [-0.15, -0.1) is 11.3 Å². The number of thiazole rings is 1. The Balaban J connectivity index is 1.73. The molecular formula is C16H27N3O3S2. The number of rotatable bonds is 6. The minimum atomic E-state index is -2.88. The van der Waals surface area contributed by atoms with Gasteiger partial charge in [0.1, 0.15) is 5.01 Å². The van der Waals surface area contributed by atoms with E-state index in [-0.39, 0.29) is 28.9 Å². The molecule has 0 aliphatic carbocycles. The van der Waals surface area contributed by atoms with Crippen LogP contribution in [0.4, 0.5) is 0 Å². The summed E-state index contributed by atoms with van der Waals surface area (Å²) in [5.74, 6) is 0.434. The standard InChI is InChI=1S/C16H27N3O3S2/c1-16(2,3)13-10-23-15(18-13)9-17-14(20)5-7-19(4)12-6-8-24(21,22)11-12/h10,12H,5-9,11H2,1-4H3,(H,17,20)/t12-/m0/s1. The molecule has 8 heteroatoms. The number of hydrogen-bond donors (Lipinski definition) is 1. The molecule has 6 nitrogen and oxygen atoms in total. The second kappa shape index (κ2) is 7.49. The van der Waals surface area contributed by atoms with E-state index < -0.39 is 9.84 Å². The summed E-state index contributed by atoms with van der Waals surface area (Å²) in [6.07, 6.45) is 1.03. The van der Waals surface area contributed by atoms with Crippen molar-refractivity contribution in [2.45, 2.75) is 51.6 Å². The summed E-state index contributed by atoms with van der Waals surface area (Å²) in [5, 5.41) is 5.83. The van der Waals surface area contributed by atoms with Gasteiger partial charge in [0.25, 0.3) is 0 Å². The molecule has 1 aliphatic rings. The molecule has 0 spiro atoms. The van der Waals surface area contributed by atoms with Crippen molar-refractivity contribution in [2.75, 3.05) is 25.1 Å². The first-order valence-corrected chi connectivity index (χ1v) is 10.9. The van der Waals surface area contributed by atoms with Crippen molar-refractivity contribution in [3.05, 3.63) is 16.1 Å². The van der Waals surface area contributed by atoms with Crippen LogP contribution in [-0.2, 0) is 26.6 Å². The van der Waals surface area contributed by atoms with E-state index in [1.165, 1.54) is 0 Å². The highest BCUT2D eigenvalue weighted by atomic mass is 32.2. The zero-order valence-corrected chi connectivity index (χ0v) is 16.5. The van der Waals surface area contributed by atoms with E-state index >= 15 is 0 Å². The van der Waals surface area contributed by atoms with Gasteiger partial charge < -0.3 is 10.2 Å². The summed E-state index contributed by atoms with van der Waals surface area (Å²) in [4.78, 5) is 18.5. The van der Waals surface area contributed by atoms with Crippen LogP contribution >= 0.6 is 11.3 Å². The third-order valence-electron chi connectivity index (χ3n) is 4.28. The molecule has 1 aromatic heterocycles. The van der Waals surface area contributed by atoms with Crippen LogP contribution < -0.4 is 5.32 Å². The molecule has 0 unspecified atom stereocenters. The van der Waals surface area contributed by atoms with Gasteiger partial charge >= 0.3 is 0 Å². The van der Waals surface area contributed by atoms with Gasteiger partial charge in [0.2, 0.25) is 5.91 Å². The first kappa shape index (κ1) is 19.3. The molecule has 0 saturated carbocycles. The van der Waals surface area contributed by atoms with Crippen LogP contribution in [0.5, 0.6) is 0 Å². The van der Waals surface area contributed by atoms with Crippen molar-refractivity contribution in [1.82, 2.24) is 15.2 Å². The Morgan fingerprint density at radius 3 is 2.71 bits per heavy atom. The Labute approximate surface area is 148 Å². The SMILES string of the molecule is CN(CCC(=O)NCc1nc(C(C)(C)C)cs1)[C@H]1CCS(=O)(=O)C1. The van der Waals surface area contributed by atoms with E-state index in [0.717, 1.165) is 10.7 Å². The highest BCUT2D eigenvalue weighted by Crippen LogP contribution is 2.23. The van der Waals surface area contributed by atoms with Crippen LogP contribution in [0.15, 0.2) is 5.38 Å². The molecule has 24 heavy (non-hydrogen) atoms. The number of carbonyl (C=O) groups is 1. The summed E-state index contributed by atoms with van der Waals surface area (Å²) in [6, 6.07) is 0.0381. The Bertz CT molecular complexity index is 677. The topological polar surface area (TPSA) is 79.4 Å². The summed E-state index contributed by atoms with van der Waals surface area (Å²) in [5.41, 5.74) is 1.06. The predicted molar refractivity (Wildman–Crippen MR) is 97.0 cm³/mol. The zero-order valence-electron chi connectivity index (χ0n) is 14.8. The lowest BCUT2D eigenvalue weighted by molar-refractivity contribution is -0.121. The van der Waals surface area contributed by atoms with Gasteiger partial charge in [0.15, 0.2) is 9.84 Å².